The summed E-state index contributed by atoms with van der Waals surface area (Å²) >= 11 is 0. The number of halogens is 2. The summed E-state index contributed by atoms with van der Waals surface area (Å²) in [6.45, 7) is 1.40. The van der Waals surface area contributed by atoms with Gasteiger partial charge in [-0.05, 0) is 43.0 Å². The Morgan fingerprint density at radius 1 is 1.16 bits per heavy atom. The van der Waals surface area contributed by atoms with Gasteiger partial charge >= 0.3 is 0 Å². The standard InChI is InChI=1S/C18H18F2N2O3/c19-15-3-1-13(10-16(15)20)25-14-2-4-17(21-11-14)22-18(23)9-12-5-7-24-8-6-12/h1-4,10-12H,5-9H2,(H,21,22,23). The third-order valence-electron chi connectivity index (χ3n) is 3.95. The van der Waals surface area contributed by atoms with Gasteiger partial charge in [0.15, 0.2) is 11.6 Å². The second-order valence-electron chi connectivity index (χ2n) is 5.87. The maximum atomic E-state index is 13.2. The third-order valence-corrected chi connectivity index (χ3v) is 3.95. The number of pyridine rings is 1. The van der Waals surface area contributed by atoms with Crippen molar-refractivity contribution >= 4 is 11.7 Å². The zero-order chi connectivity index (χ0) is 17.6. The molecule has 0 spiro atoms. The molecule has 2 heterocycles. The molecule has 0 radical (unpaired) electrons. The van der Waals surface area contributed by atoms with Gasteiger partial charge in [-0.3, -0.25) is 4.79 Å². The van der Waals surface area contributed by atoms with Gasteiger partial charge in [0.25, 0.3) is 0 Å². The maximum absolute atomic E-state index is 13.2. The van der Waals surface area contributed by atoms with Crippen LogP contribution in [0.5, 0.6) is 11.5 Å². The van der Waals surface area contributed by atoms with Crippen LogP contribution >= 0.6 is 0 Å². The lowest BCUT2D eigenvalue weighted by Gasteiger charge is -2.21. The number of anilines is 1. The fraction of sp³-hybridized carbons (Fsp3) is 0.333. The van der Waals surface area contributed by atoms with Gasteiger partial charge in [-0.15, -0.1) is 0 Å². The van der Waals surface area contributed by atoms with E-state index in [0.717, 1.165) is 25.0 Å². The average Bonchev–Trinajstić information content (AvgIpc) is 2.61. The fourth-order valence-corrected chi connectivity index (χ4v) is 2.60. The number of amides is 1. The van der Waals surface area contributed by atoms with Crippen LogP contribution in [-0.4, -0.2) is 24.1 Å². The first-order chi connectivity index (χ1) is 12.1. The first kappa shape index (κ1) is 17.3. The normalized spacial score (nSPS) is 15.0. The zero-order valence-electron chi connectivity index (χ0n) is 13.5. The van der Waals surface area contributed by atoms with Crippen molar-refractivity contribution in [1.82, 2.24) is 4.98 Å². The highest BCUT2D eigenvalue weighted by molar-refractivity contribution is 5.89. The minimum Gasteiger partial charge on any atom is -0.456 e. The lowest BCUT2D eigenvalue weighted by molar-refractivity contribution is -0.117. The van der Waals surface area contributed by atoms with Crippen molar-refractivity contribution in [3.63, 3.8) is 0 Å². The molecule has 1 saturated heterocycles. The van der Waals surface area contributed by atoms with Gasteiger partial charge in [-0.1, -0.05) is 0 Å². The number of carbonyl (C=O) groups is 1. The number of nitrogens with zero attached hydrogens (tertiary/aromatic N) is 1. The molecule has 0 bridgehead atoms. The molecule has 132 valence electrons. The number of carbonyl (C=O) groups excluding carboxylic acids is 1. The second kappa shape index (κ2) is 8.02. The zero-order valence-corrected chi connectivity index (χ0v) is 13.5. The van der Waals surface area contributed by atoms with E-state index in [1.165, 1.54) is 12.3 Å². The van der Waals surface area contributed by atoms with Gasteiger partial charge in [0.05, 0.1) is 6.20 Å². The van der Waals surface area contributed by atoms with Gasteiger partial charge in [0.2, 0.25) is 5.91 Å². The monoisotopic (exact) mass is 348 g/mol. The summed E-state index contributed by atoms with van der Waals surface area (Å²) in [6, 6.07) is 6.46. The SMILES string of the molecule is O=C(CC1CCOCC1)Nc1ccc(Oc2ccc(F)c(F)c2)cn1. The van der Waals surface area contributed by atoms with Crippen LogP contribution in [0.3, 0.4) is 0 Å². The van der Waals surface area contributed by atoms with Crippen LogP contribution in [0.2, 0.25) is 0 Å². The van der Waals surface area contributed by atoms with E-state index in [9.17, 15) is 13.6 Å². The molecular weight excluding hydrogens is 330 g/mol. The lowest BCUT2D eigenvalue weighted by Crippen LogP contribution is -2.22. The maximum Gasteiger partial charge on any atom is 0.225 e. The van der Waals surface area contributed by atoms with Crippen molar-refractivity contribution in [2.75, 3.05) is 18.5 Å². The Labute approximate surface area is 144 Å². The van der Waals surface area contributed by atoms with Crippen molar-refractivity contribution in [2.24, 2.45) is 5.92 Å². The van der Waals surface area contributed by atoms with Gasteiger partial charge in [-0.2, -0.15) is 0 Å². The van der Waals surface area contributed by atoms with E-state index in [2.05, 4.69) is 10.3 Å². The van der Waals surface area contributed by atoms with Crippen LogP contribution < -0.4 is 10.1 Å². The Bertz CT molecular complexity index is 732. The van der Waals surface area contributed by atoms with Crippen molar-refractivity contribution in [1.29, 1.82) is 0 Å². The van der Waals surface area contributed by atoms with E-state index in [4.69, 9.17) is 9.47 Å². The molecule has 0 atom stereocenters. The molecule has 1 aromatic carbocycles. The van der Waals surface area contributed by atoms with Crippen LogP contribution in [0.4, 0.5) is 14.6 Å². The number of aromatic nitrogens is 1. The Hall–Kier alpha value is -2.54. The summed E-state index contributed by atoms with van der Waals surface area (Å²) in [6.07, 6.45) is 3.63. The van der Waals surface area contributed by atoms with Crippen molar-refractivity contribution in [2.45, 2.75) is 19.3 Å². The Kier molecular flexibility index (Phi) is 5.55. The number of hydrogen-bond acceptors (Lipinski definition) is 4. The minimum atomic E-state index is -0.984. The van der Waals surface area contributed by atoms with E-state index in [-0.39, 0.29) is 11.7 Å². The summed E-state index contributed by atoms with van der Waals surface area (Å²) in [4.78, 5) is 16.1. The number of nitrogens with one attached hydrogen (secondary N) is 1. The molecule has 1 N–H and O–H groups in total. The van der Waals surface area contributed by atoms with E-state index in [1.807, 2.05) is 0 Å². The predicted octanol–water partition coefficient (Wildman–Crippen LogP) is 3.91. The molecule has 0 aliphatic carbocycles. The molecule has 5 nitrogen and oxygen atoms in total. The van der Waals surface area contributed by atoms with Gasteiger partial charge in [0.1, 0.15) is 17.3 Å². The Balaban J connectivity index is 1.54. The lowest BCUT2D eigenvalue weighted by atomic mass is 9.96. The number of ether oxygens (including phenoxy) is 2. The van der Waals surface area contributed by atoms with E-state index in [1.54, 1.807) is 12.1 Å². The third kappa shape index (κ3) is 4.96. The Morgan fingerprint density at radius 3 is 2.60 bits per heavy atom. The molecule has 2 aromatic rings. The molecule has 3 rings (SSSR count). The van der Waals surface area contributed by atoms with Crippen LogP contribution in [0, 0.1) is 17.6 Å². The van der Waals surface area contributed by atoms with E-state index < -0.39 is 11.6 Å². The number of benzene rings is 1. The summed E-state index contributed by atoms with van der Waals surface area (Å²) in [7, 11) is 0. The molecule has 0 saturated carbocycles. The average molecular weight is 348 g/mol. The summed E-state index contributed by atoms with van der Waals surface area (Å²) in [5.74, 6) is -0.742. The Morgan fingerprint density at radius 2 is 1.92 bits per heavy atom. The van der Waals surface area contributed by atoms with Crippen LogP contribution in [0.1, 0.15) is 19.3 Å². The summed E-state index contributed by atoms with van der Waals surface area (Å²) in [5, 5.41) is 2.74. The fourth-order valence-electron chi connectivity index (χ4n) is 2.60. The highest BCUT2D eigenvalue weighted by Gasteiger charge is 2.17. The van der Waals surface area contributed by atoms with Crippen molar-refractivity contribution in [3.8, 4) is 11.5 Å². The van der Waals surface area contributed by atoms with E-state index >= 15 is 0 Å². The molecule has 0 unspecified atom stereocenters. The molecule has 1 amide bonds. The molecular formula is C18H18F2N2O3. The highest BCUT2D eigenvalue weighted by atomic mass is 19.2. The predicted molar refractivity (Wildman–Crippen MR) is 87.5 cm³/mol. The molecule has 1 aliphatic rings. The van der Waals surface area contributed by atoms with Gasteiger partial charge in [-0.25, -0.2) is 13.8 Å². The summed E-state index contributed by atoms with van der Waals surface area (Å²) < 4.78 is 36.7. The minimum absolute atomic E-state index is 0.0892. The quantitative estimate of drug-likeness (QED) is 0.890. The van der Waals surface area contributed by atoms with E-state index in [0.29, 0.717) is 37.1 Å². The van der Waals surface area contributed by atoms with Gasteiger partial charge in [0, 0.05) is 25.7 Å². The van der Waals surface area contributed by atoms with Gasteiger partial charge < -0.3 is 14.8 Å². The molecule has 1 aliphatic heterocycles. The number of rotatable bonds is 5. The molecule has 25 heavy (non-hydrogen) atoms. The van der Waals surface area contributed by atoms with Crippen molar-refractivity contribution in [3.05, 3.63) is 48.2 Å². The molecule has 7 heteroatoms. The molecule has 1 fully saturated rings. The second-order valence-corrected chi connectivity index (χ2v) is 5.87. The largest absolute Gasteiger partial charge is 0.456 e. The summed E-state index contributed by atoms with van der Waals surface area (Å²) in [5.41, 5.74) is 0. The first-order valence-corrected chi connectivity index (χ1v) is 8.07. The molecule has 1 aromatic heterocycles. The van der Waals surface area contributed by atoms with Crippen LogP contribution in [-0.2, 0) is 9.53 Å². The highest BCUT2D eigenvalue weighted by Crippen LogP contribution is 2.24. The van der Waals surface area contributed by atoms with Crippen molar-refractivity contribution < 1.29 is 23.0 Å². The topological polar surface area (TPSA) is 60.5 Å². The smallest absolute Gasteiger partial charge is 0.225 e. The number of hydrogen-bond donors (Lipinski definition) is 1. The van der Waals surface area contributed by atoms with Crippen LogP contribution in [0.15, 0.2) is 36.5 Å². The first-order valence-electron chi connectivity index (χ1n) is 8.07. The van der Waals surface area contributed by atoms with Crippen LogP contribution in [0.25, 0.3) is 0 Å².